The summed E-state index contributed by atoms with van der Waals surface area (Å²) in [6.07, 6.45) is 0. The van der Waals surface area contributed by atoms with Crippen LogP contribution < -0.4 is 0 Å². The van der Waals surface area contributed by atoms with Crippen molar-refractivity contribution in [1.29, 1.82) is 0 Å². The standard InChI is InChI=1S/C10H7IO2S/c1-5-2-3-6(10(12)13)7-4-8(11)14-9(5)7/h2-4H,1H3,(H,12,13). The van der Waals surface area contributed by atoms with Crippen molar-refractivity contribution in [2.75, 3.05) is 0 Å². The molecule has 0 aliphatic rings. The molecule has 0 saturated carbocycles. The average Bonchev–Trinajstić information content (AvgIpc) is 2.47. The molecule has 1 aromatic carbocycles. The van der Waals surface area contributed by atoms with Crippen LogP contribution in [-0.4, -0.2) is 11.1 Å². The summed E-state index contributed by atoms with van der Waals surface area (Å²) in [5, 5.41) is 9.84. The van der Waals surface area contributed by atoms with Gasteiger partial charge in [0, 0.05) is 10.1 Å². The number of carboxylic acid groups (broad SMARTS) is 1. The number of aryl methyl sites for hydroxylation is 1. The lowest BCUT2D eigenvalue weighted by Gasteiger charge is -1.99. The fraction of sp³-hybridized carbons (Fsp3) is 0.100. The molecule has 0 amide bonds. The maximum atomic E-state index is 10.9. The first-order valence-electron chi connectivity index (χ1n) is 4.01. The summed E-state index contributed by atoms with van der Waals surface area (Å²) >= 11 is 3.85. The molecule has 0 aliphatic heterocycles. The lowest BCUT2D eigenvalue weighted by atomic mass is 10.1. The van der Waals surface area contributed by atoms with Crippen molar-refractivity contribution < 1.29 is 9.90 Å². The number of fused-ring (bicyclic) bond motifs is 1. The second-order valence-corrected chi connectivity index (χ2v) is 5.97. The van der Waals surface area contributed by atoms with Crippen molar-refractivity contribution in [3.05, 3.63) is 32.2 Å². The number of hydrogen-bond donors (Lipinski definition) is 1. The van der Waals surface area contributed by atoms with Crippen molar-refractivity contribution in [3.63, 3.8) is 0 Å². The van der Waals surface area contributed by atoms with Crippen LogP contribution in [0, 0.1) is 9.81 Å². The highest BCUT2D eigenvalue weighted by Crippen LogP contribution is 2.31. The molecule has 0 atom stereocenters. The van der Waals surface area contributed by atoms with Gasteiger partial charge in [0.25, 0.3) is 0 Å². The number of hydrogen-bond acceptors (Lipinski definition) is 2. The predicted molar refractivity (Wildman–Crippen MR) is 66.2 cm³/mol. The van der Waals surface area contributed by atoms with E-state index in [1.165, 1.54) is 0 Å². The van der Waals surface area contributed by atoms with E-state index >= 15 is 0 Å². The molecular weight excluding hydrogens is 311 g/mol. The van der Waals surface area contributed by atoms with Crippen LogP contribution in [-0.2, 0) is 0 Å². The highest BCUT2D eigenvalue weighted by atomic mass is 127. The van der Waals surface area contributed by atoms with Gasteiger partial charge in [-0.3, -0.25) is 0 Å². The zero-order valence-electron chi connectivity index (χ0n) is 7.37. The second-order valence-electron chi connectivity index (χ2n) is 3.03. The summed E-state index contributed by atoms with van der Waals surface area (Å²) in [7, 11) is 0. The van der Waals surface area contributed by atoms with Crippen LogP contribution >= 0.6 is 33.9 Å². The van der Waals surface area contributed by atoms with E-state index < -0.39 is 5.97 Å². The van der Waals surface area contributed by atoms with Crippen LogP contribution in [0.2, 0.25) is 0 Å². The largest absolute Gasteiger partial charge is 0.478 e. The van der Waals surface area contributed by atoms with Gasteiger partial charge in [-0.25, -0.2) is 4.79 Å². The fourth-order valence-electron chi connectivity index (χ4n) is 1.41. The molecule has 0 fully saturated rings. The van der Waals surface area contributed by atoms with Gasteiger partial charge < -0.3 is 5.11 Å². The number of carboxylic acids is 1. The number of rotatable bonds is 1. The van der Waals surface area contributed by atoms with Gasteiger partial charge in [0.2, 0.25) is 0 Å². The van der Waals surface area contributed by atoms with Gasteiger partial charge in [0.1, 0.15) is 0 Å². The van der Waals surface area contributed by atoms with E-state index in [2.05, 4.69) is 22.6 Å². The summed E-state index contributed by atoms with van der Waals surface area (Å²) in [5.74, 6) is -0.857. The Balaban J connectivity index is 2.87. The molecule has 1 heterocycles. The molecule has 0 aliphatic carbocycles. The third-order valence-electron chi connectivity index (χ3n) is 2.08. The van der Waals surface area contributed by atoms with Crippen molar-refractivity contribution >= 4 is 50.0 Å². The third kappa shape index (κ3) is 1.52. The molecule has 72 valence electrons. The Kier molecular flexibility index (Phi) is 2.48. The van der Waals surface area contributed by atoms with Crippen LogP contribution in [0.3, 0.4) is 0 Å². The van der Waals surface area contributed by atoms with E-state index in [0.717, 1.165) is 18.5 Å². The van der Waals surface area contributed by atoms with Crippen LogP contribution in [0.25, 0.3) is 10.1 Å². The summed E-state index contributed by atoms with van der Waals surface area (Å²) in [6.45, 7) is 2.00. The zero-order chi connectivity index (χ0) is 10.3. The molecular formula is C10H7IO2S. The van der Waals surface area contributed by atoms with Crippen molar-refractivity contribution in [3.8, 4) is 0 Å². The smallest absolute Gasteiger partial charge is 0.336 e. The number of carbonyl (C=O) groups is 1. The van der Waals surface area contributed by atoms with E-state index in [1.807, 2.05) is 19.1 Å². The summed E-state index contributed by atoms with van der Waals surface area (Å²) in [4.78, 5) is 10.9. The van der Waals surface area contributed by atoms with Crippen LogP contribution in [0.5, 0.6) is 0 Å². The second kappa shape index (κ2) is 3.51. The molecule has 1 N–H and O–H groups in total. The van der Waals surface area contributed by atoms with Gasteiger partial charge >= 0.3 is 5.97 Å². The third-order valence-corrected chi connectivity index (χ3v) is 4.11. The van der Waals surface area contributed by atoms with Gasteiger partial charge in [0.15, 0.2) is 0 Å². The Morgan fingerprint density at radius 2 is 2.21 bits per heavy atom. The monoisotopic (exact) mass is 318 g/mol. The Bertz CT molecular complexity index is 516. The molecule has 2 nitrogen and oxygen atoms in total. The van der Waals surface area contributed by atoms with Crippen molar-refractivity contribution in [2.45, 2.75) is 6.92 Å². The normalized spacial score (nSPS) is 10.7. The highest BCUT2D eigenvalue weighted by molar-refractivity contribution is 14.1. The Hall–Kier alpha value is -0.620. The topological polar surface area (TPSA) is 37.3 Å². The molecule has 0 unspecified atom stereocenters. The van der Waals surface area contributed by atoms with Gasteiger partial charge in [-0.2, -0.15) is 0 Å². The molecule has 0 spiro atoms. The van der Waals surface area contributed by atoms with E-state index in [9.17, 15) is 4.79 Å². The van der Waals surface area contributed by atoms with Gasteiger partial charge in [-0.1, -0.05) is 6.07 Å². The van der Waals surface area contributed by atoms with Crippen LogP contribution in [0.15, 0.2) is 18.2 Å². The maximum Gasteiger partial charge on any atom is 0.336 e. The lowest BCUT2D eigenvalue weighted by molar-refractivity contribution is 0.0699. The molecule has 0 radical (unpaired) electrons. The number of thiophene rings is 1. The van der Waals surface area contributed by atoms with Gasteiger partial charge in [-0.05, 0) is 47.2 Å². The van der Waals surface area contributed by atoms with E-state index in [0.29, 0.717) is 5.56 Å². The Morgan fingerprint density at radius 1 is 1.50 bits per heavy atom. The molecule has 0 bridgehead atoms. The summed E-state index contributed by atoms with van der Waals surface area (Å²) in [5.41, 5.74) is 1.53. The maximum absolute atomic E-state index is 10.9. The zero-order valence-corrected chi connectivity index (χ0v) is 10.3. The number of benzene rings is 1. The van der Waals surface area contributed by atoms with Gasteiger partial charge in [-0.15, -0.1) is 11.3 Å². The van der Waals surface area contributed by atoms with Gasteiger partial charge in [0.05, 0.1) is 8.45 Å². The summed E-state index contributed by atoms with van der Waals surface area (Å²) < 4.78 is 2.20. The van der Waals surface area contributed by atoms with Crippen LogP contribution in [0.4, 0.5) is 0 Å². The predicted octanol–water partition coefficient (Wildman–Crippen LogP) is 3.51. The van der Waals surface area contributed by atoms with E-state index in [-0.39, 0.29) is 0 Å². The first-order valence-corrected chi connectivity index (χ1v) is 5.91. The average molecular weight is 318 g/mol. The first-order chi connectivity index (χ1) is 6.59. The summed E-state index contributed by atoms with van der Waals surface area (Å²) in [6, 6.07) is 5.46. The minimum atomic E-state index is -0.857. The molecule has 1 aromatic heterocycles. The SMILES string of the molecule is Cc1ccc(C(=O)O)c2cc(I)sc12. The molecule has 14 heavy (non-hydrogen) atoms. The highest BCUT2D eigenvalue weighted by Gasteiger charge is 2.11. The van der Waals surface area contributed by atoms with Crippen LogP contribution in [0.1, 0.15) is 15.9 Å². The van der Waals surface area contributed by atoms with E-state index in [4.69, 9.17) is 5.11 Å². The first kappa shape index (κ1) is 9.92. The Morgan fingerprint density at radius 3 is 2.86 bits per heavy atom. The fourth-order valence-corrected chi connectivity index (χ4v) is 3.27. The number of aromatic carboxylic acids is 1. The molecule has 4 heteroatoms. The van der Waals surface area contributed by atoms with Crippen molar-refractivity contribution in [1.82, 2.24) is 0 Å². The molecule has 2 aromatic rings. The lowest BCUT2D eigenvalue weighted by Crippen LogP contribution is -1.96. The Labute approximate surface area is 98.7 Å². The quantitative estimate of drug-likeness (QED) is 0.817. The van der Waals surface area contributed by atoms with E-state index in [1.54, 1.807) is 17.4 Å². The minimum absolute atomic E-state index is 0.393. The minimum Gasteiger partial charge on any atom is -0.478 e. The number of halogens is 1. The van der Waals surface area contributed by atoms with Crippen molar-refractivity contribution in [2.24, 2.45) is 0 Å². The molecule has 2 rings (SSSR count). The molecule has 0 saturated heterocycles.